The first-order valence-electron chi connectivity index (χ1n) is 14.4. The molecule has 4 heterocycles. The molecule has 2 bridgehead atoms. The number of aryl methyl sites for hydroxylation is 2. The highest BCUT2D eigenvalue weighted by molar-refractivity contribution is 5.92. The van der Waals surface area contributed by atoms with Crippen LogP contribution in [0.5, 0.6) is 0 Å². The minimum Gasteiger partial charge on any atom is -0.373 e. The molecule has 3 saturated carbocycles. The number of morpholine rings is 1. The zero-order chi connectivity index (χ0) is 26.5. The maximum atomic E-state index is 8.04. The van der Waals surface area contributed by atoms with Gasteiger partial charge in [0.05, 0.1) is 29.7 Å². The van der Waals surface area contributed by atoms with E-state index in [1.165, 1.54) is 56.0 Å². The molecule has 0 aromatic carbocycles. The first kappa shape index (κ1) is 25.6. The van der Waals surface area contributed by atoms with Crippen LogP contribution in [-0.2, 0) is 24.2 Å². The highest BCUT2D eigenvalue weighted by Crippen LogP contribution is 2.55. The average Bonchev–Trinajstić information content (AvgIpc) is 3.27. The fourth-order valence-electron chi connectivity index (χ4n) is 7.78. The molecule has 8 nitrogen and oxygen atoms in total. The Morgan fingerprint density at radius 3 is 2.63 bits per heavy atom. The maximum Gasteiger partial charge on any atom is 0.136 e. The van der Waals surface area contributed by atoms with Crippen LogP contribution in [0.15, 0.2) is 18.7 Å². The van der Waals surface area contributed by atoms with Crippen molar-refractivity contribution >= 4 is 17.7 Å². The van der Waals surface area contributed by atoms with E-state index in [1.807, 2.05) is 20.0 Å². The lowest BCUT2D eigenvalue weighted by Crippen LogP contribution is -2.61. The predicted octanol–water partition coefficient (Wildman–Crippen LogP) is 4.48. The molecule has 0 spiro atoms. The maximum absolute atomic E-state index is 8.04. The minimum absolute atomic E-state index is 0.181. The SMILES string of the molecule is C=C[C@H]1CN(C23CCC(Cn4nc(C)c5c4CCN(c4cc(C)nc(NC)c4C=N)C5)(CC2)CC3)CCO1. The number of fused-ring (bicyclic) bond motifs is 4. The second-order valence-electron chi connectivity index (χ2n) is 12.1. The normalized spacial score (nSPS) is 29.2. The van der Waals surface area contributed by atoms with Crippen molar-refractivity contribution < 1.29 is 4.74 Å². The Morgan fingerprint density at radius 2 is 1.95 bits per heavy atom. The Labute approximate surface area is 226 Å². The summed E-state index contributed by atoms with van der Waals surface area (Å²) >= 11 is 0. The second-order valence-corrected chi connectivity index (χ2v) is 12.1. The van der Waals surface area contributed by atoms with E-state index in [0.717, 1.165) is 74.2 Å². The van der Waals surface area contributed by atoms with Crippen LogP contribution < -0.4 is 10.2 Å². The van der Waals surface area contributed by atoms with Gasteiger partial charge in [0.25, 0.3) is 0 Å². The largest absolute Gasteiger partial charge is 0.373 e. The number of ether oxygens (including phenoxy) is 1. The third-order valence-electron chi connectivity index (χ3n) is 10.1. The van der Waals surface area contributed by atoms with Crippen molar-refractivity contribution in [1.82, 2.24) is 19.7 Å². The Bertz CT molecular complexity index is 1210. The molecule has 2 N–H and O–H groups in total. The summed E-state index contributed by atoms with van der Waals surface area (Å²) in [5.41, 5.74) is 7.61. The van der Waals surface area contributed by atoms with Crippen LogP contribution in [0, 0.1) is 24.7 Å². The van der Waals surface area contributed by atoms with Gasteiger partial charge in [0.15, 0.2) is 0 Å². The molecule has 7 rings (SSSR count). The van der Waals surface area contributed by atoms with E-state index in [1.54, 1.807) is 0 Å². The van der Waals surface area contributed by atoms with Crippen molar-refractivity contribution in [1.29, 1.82) is 5.41 Å². The first-order valence-corrected chi connectivity index (χ1v) is 14.4. The smallest absolute Gasteiger partial charge is 0.136 e. The molecule has 204 valence electrons. The molecule has 1 atom stereocenters. The van der Waals surface area contributed by atoms with Gasteiger partial charge in [-0.25, -0.2) is 4.98 Å². The monoisotopic (exact) mass is 517 g/mol. The summed E-state index contributed by atoms with van der Waals surface area (Å²) in [7, 11) is 1.87. The predicted molar refractivity (Wildman–Crippen MR) is 153 cm³/mol. The van der Waals surface area contributed by atoms with Crippen molar-refractivity contribution in [2.24, 2.45) is 5.41 Å². The molecule has 0 unspecified atom stereocenters. The number of aromatic nitrogens is 3. The highest BCUT2D eigenvalue weighted by atomic mass is 16.5. The molecule has 1 saturated heterocycles. The number of nitrogens with one attached hydrogen (secondary N) is 2. The zero-order valence-electron chi connectivity index (χ0n) is 23.4. The fourth-order valence-corrected chi connectivity index (χ4v) is 7.78. The molecular formula is C30H43N7O. The second kappa shape index (κ2) is 9.79. The van der Waals surface area contributed by atoms with Crippen molar-refractivity contribution in [3.05, 3.63) is 46.9 Å². The van der Waals surface area contributed by atoms with E-state index in [-0.39, 0.29) is 6.10 Å². The Kier molecular flexibility index (Phi) is 6.59. The minimum atomic E-state index is 0.181. The van der Waals surface area contributed by atoms with Gasteiger partial charge in [-0.15, -0.1) is 6.58 Å². The van der Waals surface area contributed by atoms with Gasteiger partial charge in [-0.05, 0) is 63.9 Å². The summed E-state index contributed by atoms with van der Waals surface area (Å²) in [4.78, 5) is 9.74. The molecular weight excluding hydrogens is 474 g/mol. The van der Waals surface area contributed by atoms with E-state index in [9.17, 15) is 0 Å². The van der Waals surface area contributed by atoms with Crippen LogP contribution in [0.1, 0.15) is 66.7 Å². The summed E-state index contributed by atoms with van der Waals surface area (Å²) < 4.78 is 8.26. The Morgan fingerprint density at radius 1 is 1.18 bits per heavy atom. The lowest BCUT2D eigenvalue weighted by atomic mass is 9.56. The van der Waals surface area contributed by atoms with Crippen molar-refractivity contribution in [3.63, 3.8) is 0 Å². The van der Waals surface area contributed by atoms with E-state index in [0.29, 0.717) is 11.0 Å². The van der Waals surface area contributed by atoms with Crippen LogP contribution in [0.2, 0.25) is 0 Å². The summed E-state index contributed by atoms with van der Waals surface area (Å²) in [5, 5.41) is 16.3. The Hall–Kier alpha value is -2.71. The third-order valence-corrected chi connectivity index (χ3v) is 10.1. The van der Waals surface area contributed by atoms with Gasteiger partial charge >= 0.3 is 0 Å². The number of rotatable bonds is 7. The van der Waals surface area contributed by atoms with Crippen molar-refractivity contribution in [2.75, 3.05) is 43.5 Å². The quantitative estimate of drug-likeness (QED) is 0.416. The fraction of sp³-hybridized carbons (Fsp3) is 0.633. The first-order chi connectivity index (χ1) is 18.4. The van der Waals surface area contributed by atoms with E-state index >= 15 is 0 Å². The number of nitrogens with zero attached hydrogens (tertiary/aromatic N) is 5. The van der Waals surface area contributed by atoms with Crippen LogP contribution in [0.4, 0.5) is 11.5 Å². The Balaban J connectivity index is 1.18. The van der Waals surface area contributed by atoms with Crippen molar-refractivity contribution in [2.45, 2.75) is 83.5 Å². The topological polar surface area (TPSA) is 82.3 Å². The summed E-state index contributed by atoms with van der Waals surface area (Å²) in [6.45, 7) is 13.9. The summed E-state index contributed by atoms with van der Waals surface area (Å²) in [6.07, 6.45) is 12.4. The van der Waals surface area contributed by atoms with Crippen LogP contribution in [0.3, 0.4) is 0 Å². The van der Waals surface area contributed by atoms with Gasteiger partial charge in [-0.1, -0.05) is 6.08 Å². The molecule has 4 fully saturated rings. The van der Waals surface area contributed by atoms with Crippen molar-refractivity contribution in [3.8, 4) is 0 Å². The van der Waals surface area contributed by atoms with Gasteiger partial charge in [0, 0.05) is 74.9 Å². The van der Waals surface area contributed by atoms with Gasteiger partial charge in [-0.2, -0.15) is 5.10 Å². The number of hydrogen-bond donors (Lipinski definition) is 2. The van der Waals surface area contributed by atoms with E-state index < -0.39 is 0 Å². The summed E-state index contributed by atoms with van der Waals surface area (Å²) in [5.74, 6) is 0.773. The average molecular weight is 518 g/mol. The molecule has 0 amide bonds. The number of hydrogen-bond acceptors (Lipinski definition) is 7. The molecule has 2 aromatic rings. The van der Waals surface area contributed by atoms with E-state index in [2.05, 4.69) is 44.4 Å². The summed E-state index contributed by atoms with van der Waals surface area (Å²) in [6, 6.07) is 2.12. The number of pyridine rings is 1. The third kappa shape index (κ3) is 4.26. The highest BCUT2D eigenvalue weighted by Gasteiger charge is 2.52. The van der Waals surface area contributed by atoms with Crippen LogP contribution in [-0.4, -0.2) is 70.8 Å². The lowest BCUT2D eigenvalue weighted by molar-refractivity contribution is -0.109. The molecule has 2 aliphatic heterocycles. The number of anilines is 2. The van der Waals surface area contributed by atoms with Crippen LogP contribution >= 0.6 is 0 Å². The van der Waals surface area contributed by atoms with Gasteiger partial charge in [0.1, 0.15) is 5.82 Å². The van der Waals surface area contributed by atoms with E-state index in [4.69, 9.17) is 15.2 Å². The lowest BCUT2D eigenvalue weighted by Gasteiger charge is -2.59. The van der Waals surface area contributed by atoms with Gasteiger partial charge < -0.3 is 20.4 Å². The molecule has 3 aliphatic carbocycles. The zero-order valence-corrected chi connectivity index (χ0v) is 23.4. The molecule has 38 heavy (non-hydrogen) atoms. The molecule has 5 aliphatic rings. The van der Waals surface area contributed by atoms with Gasteiger partial charge in [0.2, 0.25) is 0 Å². The molecule has 0 radical (unpaired) electrons. The molecule has 8 heteroatoms. The standard InChI is InChI=1S/C30H43N7O/c1-5-23-18-36(14-15-38-23)30-10-7-29(8-11-30,9-12-30)20-37-26-6-13-35(19-25(26)22(3)34-37)27-16-21(2)33-28(32-4)24(27)17-31/h5,16-17,23,31H,1,6-15,18-20H2,2-4H3,(H,32,33)/t23-,29?,30?/m0/s1. The molecule has 2 aromatic heterocycles. The van der Waals surface area contributed by atoms with Gasteiger partial charge in [-0.3, -0.25) is 9.58 Å². The van der Waals surface area contributed by atoms with Crippen LogP contribution in [0.25, 0.3) is 0 Å².